The molecule has 1 heterocycles. The Balaban J connectivity index is 2.55. The van der Waals surface area contributed by atoms with E-state index in [4.69, 9.17) is 0 Å². The van der Waals surface area contributed by atoms with Crippen LogP contribution >= 0.6 is 0 Å². The first-order valence-corrected chi connectivity index (χ1v) is 6.43. The minimum atomic E-state index is -0.108. The van der Waals surface area contributed by atoms with Crippen LogP contribution in [0.1, 0.15) is 32.6 Å². The van der Waals surface area contributed by atoms with Gasteiger partial charge < -0.3 is 15.1 Å². The van der Waals surface area contributed by atoms with E-state index in [2.05, 4.69) is 5.32 Å². The molecule has 0 aromatic rings. The number of carbonyl (C=O) groups excluding carboxylic acids is 2. The third kappa shape index (κ3) is 4.24. The number of likely N-dealkylation sites (tertiary alicyclic amines) is 1. The second-order valence-electron chi connectivity index (χ2n) is 4.43. The Bertz CT molecular complexity index is 262. The highest BCUT2D eigenvalue weighted by Crippen LogP contribution is 2.11. The van der Waals surface area contributed by atoms with Crippen LogP contribution in [0.15, 0.2) is 0 Å². The molecule has 0 aromatic heterocycles. The largest absolute Gasteiger partial charge is 0.358 e. The molecule has 5 heteroatoms. The van der Waals surface area contributed by atoms with E-state index < -0.39 is 0 Å². The van der Waals surface area contributed by atoms with Crippen LogP contribution in [0.3, 0.4) is 0 Å². The average molecular weight is 241 g/mol. The first-order valence-electron chi connectivity index (χ1n) is 6.43. The van der Waals surface area contributed by atoms with Gasteiger partial charge in [0.2, 0.25) is 5.91 Å². The Hall–Kier alpha value is -1.26. The van der Waals surface area contributed by atoms with Crippen molar-refractivity contribution in [3.8, 4) is 0 Å². The van der Waals surface area contributed by atoms with Crippen molar-refractivity contribution in [2.24, 2.45) is 0 Å². The first kappa shape index (κ1) is 13.8. The molecule has 17 heavy (non-hydrogen) atoms. The van der Waals surface area contributed by atoms with Crippen molar-refractivity contribution < 1.29 is 9.59 Å². The summed E-state index contributed by atoms with van der Waals surface area (Å²) >= 11 is 0. The third-order valence-electron chi connectivity index (χ3n) is 3.00. The Morgan fingerprint density at radius 2 is 1.88 bits per heavy atom. The molecule has 1 saturated heterocycles. The summed E-state index contributed by atoms with van der Waals surface area (Å²) in [5.74, 6) is -0.108. The number of hydrogen-bond acceptors (Lipinski definition) is 2. The highest BCUT2D eigenvalue weighted by molar-refractivity contribution is 5.83. The molecular weight excluding hydrogens is 218 g/mol. The van der Waals surface area contributed by atoms with Crippen molar-refractivity contribution in [1.82, 2.24) is 15.1 Å². The topological polar surface area (TPSA) is 52.7 Å². The summed E-state index contributed by atoms with van der Waals surface area (Å²) in [7, 11) is 1.60. The number of amides is 3. The molecule has 1 rings (SSSR count). The number of nitrogens with one attached hydrogen (secondary N) is 1. The normalized spacial score (nSPS) is 15.5. The molecular formula is C12H23N3O2. The summed E-state index contributed by atoms with van der Waals surface area (Å²) in [4.78, 5) is 27.1. The number of carbonyl (C=O) groups is 2. The van der Waals surface area contributed by atoms with Gasteiger partial charge in [-0.05, 0) is 25.7 Å². The van der Waals surface area contributed by atoms with Gasteiger partial charge >= 0.3 is 6.03 Å². The minimum Gasteiger partial charge on any atom is -0.358 e. The highest BCUT2D eigenvalue weighted by Gasteiger charge is 2.23. The van der Waals surface area contributed by atoms with Crippen LogP contribution in [-0.2, 0) is 4.79 Å². The van der Waals surface area contributed by atoms with Crippen molar-refractivity contribution in [1.29, 1.82) is 0 Å². The molecule has 1 aliphatic rings. The molecule has 0 aliphatic carbocycles. The van der Waals surface area contributed by atoms with E-state index in [0.29, 0.717) is 6.54 Å². The molecule has 0 saturated carbocycles. The fourth-order valence-corrected chi connectivity index (χ4v) is 2.05. The predicted molar refractivity (Wildman–Crippen MR) is 66.8 cm³/mol. The monoisotopic (exact) mass is 241 g/mol. The number of nitrogens with zero attached hydrogens (tertiary/aromatic N) is 2. The van der Waals surface area contributed by atoms with Gasteiger partial charge in [0.05, 0.1) is 0 Å². The molecule has 5 nitrogen and oxygen atoms in total. The van der Waals surface area contributed by atoms with Gasteiger partial charge in [-0.15, -0.1) is 0 Å². The SMILES string of the molecule is CCCN(CC(=O)NC)C(=O)N1CCCCC1. The van der Waals surface area contributed by atoms with Crippen molar-refractivity contribution in [2.75, 3.05) is 33.2 Å². The van der Waals surface area contributed by atoms with Crippen molar-refractivity contribution >= 4 is 11.9 Å². The maximum Gasteiger partial charge on any atom is 0.320 e. The van der Waals surface area contributed by atoms with E-state index in [0.717, 1.165) is 32.4 Å². The van der Waals surface area contributed by atoms with Crippen LogP contribution in [0.4, 0.5) is 4.79 Å². The van der Waals surface area contributed by atoms with E-state index in [-0.39, 0.29) is 18.5 Å². The molecule has 3 amide bonds. The number of piperidine rings is 1. The second kappa shape index (κ2) is 7.14. The molecule has 0 unspecified atom stereocenters. The Labute approximate surface area is 103 Å². The number of hydrogen-bond donors (Lipinski definition) is 1. The van der Waals surface area contributed by atoms with Gasteiger partial charge in [0, 0.05) is 26.7 Å². The second-order valence-corrected chi connectivity index (χ2v) is 4.43. The van der Waals surface area contributed by atoms with E-state index in [1.807, 2.05) is 11.8 Å². The predicted octanol–water partition coefficient (Wildman–Crippen LogP) is 1.05. The lowest BCUT2D eigenvalue weighted by Crippen LogP contribution is -2.48. The maximum absolute atomic E-state index is 12.2. The first-order chi connectivity index (χ1) is 8.19. The lowest BCUT2D eigenvalue weighted by molar-refractivity contribution is -0.121. The van der Waals surface area contributed by atoms with Crippen molar-refractivity contribution in [2.45, 2.75) is 32.6 Å². The van der Waals surface area contributed by atoms with E-state index >= 15 is 0 Å². The average Bonchev–Trinajstić information content (AvgIpc) is 2.38. The van der Waals surface area contributed by atoms with Crippen LogP contribution < -0.4 is 5.32 Å². The molecule has 0 bridgehead atoms. The summed E-state index contributed by atoms with van der Waals surface area (Å²) in [5, 5.41) is 2.56. The highest BCUT2D eigenvalue weighted by atomic mass is 16.2. The molecule has 1 N–H and O–H groups in total. The molecule has 0 aromatic carbocycles. The van der Waals surface area contributed by atoms with Crippen LogP contribution in [0.5, 0.6) is 0 Å². The lowest BCUT2D eigenvalue weighted by Gasteiger charge is -2.32. The van der Waals surface area contributed by atoms with Crippen LogP contribution in [0, 0.1) is 0 Å². The standard InChI is InChI=1S/C12H23N3O2/c1-3-7-15(10-11(16)13-2)12(17)14-8-5-4-6-9-14/h3-10H2,1-2H3,(H,13,16). The number of urea groups is 1. The quantitative estimate of drug-likeness (QED) is 0.800. The van der Waals surface area contributed by atoms with E-state index in [1.54, 1.807) is 11.9 Å². The zero-order valence-electron chi connectivity index (χ0n) is 10.9. The molecule has 1 fully saturated rings. The summed E-state index contributed by atoms with van der Waals surface area (Å²) in [6, 6.07) is 0.00940. The van der Waals surface area contributed by atoms with Gasteiger partial charge in [-0.2, -0.15) is 0 Å². The zero-order chi connectivity index (χ0) is 12.7. The van der Waals surface area contributed by atoms with Crippen LogP contribution in [0.2, 0.25) is 0 Å². The van der Waals surface area contributed by atoms with Gasteiger partial charge in [0.1, 0.15) is 6.54 Å². The smallest absolute Gasteiger partial charge is 0.320 e. The van der Waals surface area contributed by atoms with Gasteiger partial charge in [0.25, 0.3) is 0 Å². The van der Waals surface area contributed by atoms with Crippen LogP contribution in [-0.4, -0.2) is 55.0 Å². The molecule has 0 spiro atoms. The van der Waals surface area contributed by atoms with Crippen molar-refractivity contribution in [3.05, 3.63) is 0 Å². The fourth-order valence-electron chi connectivity index (χ4n) is 2.05. The molecule has 0 radical (unpaired) electrons. The Morgan fingerprint density at radius 3 is 2.41 bits per heavy atom. The van der Waals surface area contributed by atoms with Gasteiger partial charge in [-0.3, -0.25) is 4.79 Å². The zero-order valence-corrected chi connectivity index (χ0v) is 10.9. The number of rotatable bonds is 4. The summed E-state index contributed by atoms with van der Waals surface area (Å²) in [6.07, 6.45) is 4.22. The Kier molecular flexibility index (Phi) is 5.80. The van der Waals surface area contributed by atoms with E-state index in [1.165, 1.54) is 6.42 Å². The fraction of sp³-hybridized carbons (Fsp3) is 0.833. The summed E-state index contributed by atoms with van der Waals surface area (Å²) in [6.45, 7) is 4.47. The lowest BCUT2D eigenvalue weighted by atomic mass is 10.1. The molecule has 98 valence electrons. The summed E-state index contributed by atoms with van der Waals surface area (Å²) < 4.78 is 0. The minimum absolute atomic E-state index is 0.00940. The van der Waals surface area contributed by atoms with Gasteiger partial charge in [-0.1, -0.05) is 6.92 Å². The van der Waals surface area contributed by atoms with E-state index in [9.17, 15) is 9.59 Å². The molecule has 0 atom stereocenters. The number of likely N-dealkylation sites (N-methyl/N-ethyl adjacent to an activating group) is 1. The maximum atomic E-state index is 12.2. The van der Waals surface area contributed by atoms with Gasteiger partial charge in [-0.25, -0.2) is 4.79 Å². The van der Waals surface area contributed by atoms with Crippen molar-refractivity contribution in [3.63, 3.8) is 0 Å². The third-order valence-corrected chi connectivity index (χ3v) is 3.00. The Morgan fingerprint density at radius 1 is 1.24 bits per heavy atom. The van der Waals surface area contributed by atoms with Crippen LogP contribution in [0.25, 0.3) is 0 Å². The molecule has 1 aliphatic heterocycles. The van der Waals surface area contributed by atoms with Gasteiger partial charge in [0.15, 0.2) is 0 Å². The summed E-state index contributed by atoms with van der Waals surface area (Å²) in [5.41, 5.74) is 0.